The molecule has 0 aliphatic carbocycles. The number of imidazole rings is 1. The van der Waals surface area contributed by atoms with Crippen molar-refractivity contribution in [3.8, 4) is 0 Å². The molecule has 1 aliphatic heterocycles. The van der Waals surface area contributed by atoms with Crippen molar-refractivity contribution >= 4 is 27.8 Å². The molecule has 11 heteroatoms. The number of hydrogen-bond acceptors (Lipinski definition) is 10. The molecule has 11 nitrogen and oxygen atoms in total. The van der Waals surface area contributed by atoms with Gasteiger partial charge in [-0.15, -0.1) is 0 Å². The first-order valence-electron chi connectivity index (χ1n) is 11.3. The molecule has 0 amide bonds. The molecule has 5 atom stereocenters. The first-order chi connectivity index (χ1) is 16.1. The number of ether oxygens (including phenoxy) is 3. The van der Waals surface area contributed by atoms with Gasteiger partial charge in [0, 0.05) is 12.0 Å². The van der Waals surface area contributed by atoms with E-state index in [0.29, 0.717) is 30.3 Å². The summed E-state index contributed by atoms with van der Waals surface area (Å²) in [4.78, 5) is 9.19. The fourth-order valence-corrected chi connectivity index (χ4v) is 4.18. The van der Waals surface area contributed by atoms with Crippen LogP contribution in [0, 0.1) is 0 Å². The van der Waals surface area contributed by atoms with Crippen molar-refractivity contribution in [3.05, 3.63) is 30.1 Å². The van der Waals surface area contributed by atoms with Crippen molar-refractivity contribution < 1.29 is 34.6 Å². The number of nitrogens with two attached hydrogens (primary N) is 1. The summed E-state index contributed by atoms with van der Waals surface area (Å²) in [5.41, 5.74) is 7.59. The number of nitrogen functional groups attached to an aromatic ring is 1. The van der Waals surface area contributed by atoms with E-state index in [-0.39, 0.29) is 13.2 Å². The smallest absolute Gasteiger partial charge is 0.184 e. The summed E-state index contributed by atoms with van der Waals surface area (Å²) in [5.74, 6) is 0.991. The molecule has 186 valence electrons. The highest BCUT2D eigenvalue weighted by Crippen LogP contribution is 2.31. The van der Waals surface area contributed by atoms with Crippen molar-refractivity contribution in [3.63, 3.8) is 0 Å². The molecule has 4 rings (SSSR count). The lowest BCUT2D eigenvalue weighted by Crippen LogP contribution is -2.59. The minimum absolute atomic E-state index is 0.118. The van der Waals surface area contributed by atoms with E-state index in [1.807, 2.05) is 49.6 Å². The standard InChI is InChI=1S/C23H32N4O7/c1-4-32-10-15-26-16-17(12-7-5-6-8-13(12)25-21(16)24)27(15)11-23(2,3)33-9-14-18(28)19(29)20(30)22(31)34-14/h5-8,14,18-20,22,28-31H,4,9-11H2,1-3H3,(H2,24,25)/t14-,18-,19+,20+,22-/m1/s1. The van der Waals surface area contributed by atoms with E-state index in [0.717, 1.165) is 16.4 Å². The van der Waals surface area contributed by atoms with Crippen LogP contribution in [0.25, 0.3) is 21.9 Å². The second-order valence-electron chi connectivity index (χ2n) is 9.07. The third kappa shape index (κ3) is 4.73. The molecule has 3 heterocycles. The Morgan fingerprint density at radius 1 is 1.09 bits per heavy atom. The van der Waals surface area contributed by atoms with Gasteiger partial charge in [-0.2, -0.15) is 0 Å². The van der Waals surface area contributed by atoms with E-state index in [2.05, 4.69) is 4.98 Å². The number of pyridine rings is 1. The van der Waals surface area contributed by atoms with Crippen LogP contribution in [-0.4, -0.2) is 84.5 Å². The number of nitrogens with zero attached hydrogens (tertiary/aromatic N) is 3. The molecule has 1 aromatic carbocycles. The van der Waals surface area contributed by atoms with Crippen LogP contribution >= 0.6 is 0 Å². The topological polar surface area (TPSA) is 165 Å². The van der Waals surface area contributed by atoms with Gasteiger partial charge in [0.2, 0.25) is 0 Å². The van der Waals surface area contributed by atoms with E-state index in [9.17, 15) is 20.4 Å². The molecule has 1 aliphatic rings. The van der Waals surface area contributed by atoms with Crippen LogP contribution in [0.3, 0.4) is 0 Å². The molecular weight excluding hydrogens is 444 g/mol. The summed E-state index contributed by atoms with van der Waals surface area (Å²) < 4.78 is 18.9. The number of anilines is 1. The molecule has 0 unspecified atom stereocenters. The van der Waals surface area contributed by atoms with Crippen LogP contribution in [0.15, 0.2) is 24.3 Å². The summed E-state index contributed by atoms with van der Waals surface area (Å²) in [7, 11) is 0. The van der Waals surface area contributed by atoms with Crippen LogP contribution in [0.2, 0.25) is 0 Å². The van der Waals surface area contributed by atoms with Crippen molar-refractivity contribution in [1.82, 2.24) is 14.5 Å². The maximum atomic E-state index is 10.2. The first kappa shape index (κ1) is 24.7. The Kier molecular flexibility index (Phi) is 7.06. The Morgan fingerprint density at radius 2 is 1.82 bits per heavy atom. The average molecular weight is 477 g/mol. The fourth-order valence-electron chi connectivity index (χ4n) is 4.18. The van der Waals surface area contributed by atoms with Gasteiger partial charge < -0.3 is 44.9 Å². The number of para-hydroxylation sites is 1. The van der Waals surface area contributed by atoms with Crippen molar-refractivity contribution in [2.45, 2.75) is 70.2 Å². The summed E-state index contributed by atoms with van der Waals surface area (Å²) in [6, 6.07) is 7.67. The molecule has 1 saturated heterocycles. The van der Waals surface area contributed by atoms with Crippen molar-refractivity contribution in [2.75, 3.05) is 18.9 Å². The Morgan fingerprint density at radius 3 is 2.56 bits per heavy atom. The highest BCUT2D eigenvalue weighted by Gasteiger charge is 2.43. The monoisotopic (exact) mass is 476 g/mol. The lowest BCUT2D eigenvalue weighted by Gasteiger charge is -2.39. The number of hydrogen-bond donors (Lipinski definition) is 5. The van der Waals surface area contributed by atoms with Gasteiger partial charge in [0.15, 0.2) is 12.1 Å². The molecular formula is C23H32N4O7. The Bertz CT molecular complexity index is 1150. The maximum absolute atomic E-state index is 10.2. The van der Waals surface area contributed by atoms with Gasteiger partial charge in [-0.3, -0.25) is 0 Å². The third-order valence-corrected chi connectivity index (χ3v) is 5.99. The van der Waals surface area contributed by atoms with Gasteiger partial charge in [-0.1, -0.05) is 18.2 Å². The fraction of sp³-hybridized carbons (Fsp3) is 0.565. The number of aromatic nitrogens is 3. The zero-order chi connectivity index (χ0) is 24.6. The van der Waals surface area contributed by atoms with Gasteiger partial charge in [0.25, 0.3) is 0 Å². The Balaban J connectivity index is 1.64. The number of fused-ring (bicyclic) bond motifs is 3. The van der Waals surface area contributed by atoms with E-state index in [1.54, 1.807) is 0 Å². The van der Waals surface area contributed by atoms with Gasteiger partial charge >= 0.3 is 0 Å². The predicted molar refractivity (Wildman–Crippen MR) is 124 cm³/mol. The Labute approximate surface area is 196 Å². The second kappa shape index (κ2) is 9.70. The van der Waals surface area contributed by atoms with Crippen LogP contribution in [-0.2, 0) is 27.4 Å². The normalized spacial score (nSPS) is 25.9. The highest BCUT2D eigenvalue weighted by atomic mass is 16.6. The summed E-state index contributed by atoms with van der Waals surface area (Å²) in [5, 5.41) is 40.5. The third-order valence-electron chi connectivity index (χ3n) is 5.99. The number of aliphatic hydroxyl groups excluding tert-OH is 4. The van der Waals surface area contributed by atoms with E-state index < -0.39 is 36.3 Å². The van der Waals surface area contributed by atoms with Crippen LogP contribution in [0.5, 0.6) is 0 Å². The van der Waals surface area contributed by atoms with Crippen molar-refractivity contribution in [1.29, 1.82) is 0 Å². The molecule has 34 heavy (non-hydrogen) atoms. The number of rotatable bonds is 8. The lowest BCUT2D eigenvalue weighted by atomic mass is 9.99. The highest BCUT2D eigenvalue weighted by molar-refractivity contribution is 6.06. The molecule has 6 N–H and O–H groups in total. The largest absolute Gasteiger partial charge is 0.387 e. The van der Waals surface area contributed by atoms with E-state index >= 15 is 0 Å². The predicted octanol–water partition coefficient (Wildman–Crippen LogP) is 0.298. The molecule has 0 bridgehead atoms. The van der Waals surface area contributed by atoms with Crippen molar-refractivity contribution in [2.24, 2.45) is 0 Å². The minimum atomic E-state index is -1.62. The molecule has 0 radical (unpaired) electrons. The summed E-state index contributed by atoms with van der Waals surface area (Å²) in [6.45, 7) is 6.67. The number of benzene rings is 1. The summed E-state index contributed by atoms with van der Waals surface area (Å²) in [6.07, 6.45) is -7.18. The Hall–Kier alpha value is -2.38. The van der Waals surface area contributed by atoms with Crippen LogP contribution in [0.1, 0.15) is 26.6 Å². The van der Waals surface area contributed by atoms with Gasteiger partial charge in [-0.05, 0) is 26.8 Å². The van der Waals surface area contributed by atoms with Gasteiger partial charge in [-0.25, -0.2) is 9.97 Å². The molecule has 0 spiro atoms. The SMILES string of the molecule is CCOCc1nc2c(N)nc3ccccc3c2n1CC(C)(C)OC[C@H]1O[C@@H](O)[C@@H](O)[C@@H](O)[C@@H]1O. The van der Waals surface area contributed by atoms with Gasteiger partial charge in [0.05, 0.1) is 29.8 Å². The zero-order valence-electron chi connectivity index (χ0n) is 19.5. The molecule has 3 aromatic rings. The minimum Gasteiger partial charge on any atom is -0.387 e. The zero-order valence-corrected chi connectivity index (χ0v) is 19.5. The molecule has 2 aromatic heterocycles. The lowest BCUT2D eigenvalue weighted by molar-refractivity contribution is -0.292. The quantitative estimate of drug-likeness (QED) is 0.305. The van der Waals surface area contributed by atoms with E-state index in [1.165, 1.54) is 0 Å². The first-order valence-corrected chi connectivity index (χ1v) is 11.3. The number of aliphatic hydroxyl groups is 4. The summed E-state index contributed by atoms with van der Waals surface area (Å²) >= 11 is 0. The maximum Gasteiger partial charge on any atom is 0.184 e. The van der Waals surface area contributed by atoms with Crippen LogP contribution < -0.4 is 5.73 Å². The second-order valence-corrected chi connectivity index (χ2v) is 9.07. The average Bonchev–Trinajstić information content (AvgIpc) is 3.16. The molecule has 1 fully saturated rings. The molecule has 0 saturated carbocycles. The van der Waals surface area contributed by atoms with E-state index in [4.69, 9.17) is 24.9 Å². The van der Waals surface area contributed by atoms with Crippen LogP contribution in [0.4, 0.5) is 5.82 Å². The van der Waals surface area contributed by atoms with Gasteiger partial charge in [0.1, 0.15) is 42.4 Å².